The van der Waals surface area contributed by atoms with Crippen LogP contribution in [0.5, 0.6) is 0 Å². The van der Waals surface area contributed by atoms with Gasteiger partial charge in [-0.3, -0.25) is 9.48 Å². The van der Waals surface area contributed by atoms with Crippen molar-refractivity contribution in [3.05, 3.63) is 47.3 Å². The number of benzene rings is 1. The van der Waals surface area contributed by atoms with Gasteiger partial charge in [-0.05, 0) is 45.0 Å². The molecule has 2 rings (SSSR count). The molecule has 0 aliphatic carbocycles. The summed E-state index contributed by atoms with van der Waals surface area (Å²) < 4.78 is 39.7. The second kappa shape index (κ2) is 6.44. The number of hydrogen-bond acceptors (Lipinski definition) is 2. The molecule has 0 saturated heterocycles. The van der Waals surface area contributed by atoms with Crippen molar-refractivity contribution in [2.45, 2.75) is 39.4 Å². The van der Waals surface area contributed by atoms with Crippen LogP contribution < -0.4 is 5.32 Å². The predicted molar refractivity (Wildman–Crippen MR) is 81.1 cm³/mol. The molecular weight excluding hydrogens is 307 g/mol. The summed E-state index contributed by atoms with van der Waals surface area (Å²) in [7, 11) is 0. The van der Waals surface area contributed by atoms with Gasteiger partial charge in [0.1, 0.15) is 0 Å². The number of carbonyl (C=O) groups excluding carboxylic acids is 1. The Hall–Kier alpha value is -2.31. The number of nitrogens with zero attached hydrogens (tertiary/aromatic N) is 2. The molecule has 1 heterocycles. The maximum Gasteiger partial charge on any atom is 0.416 e. The Bertz CT molecular complexity index is 707. The number of anilines is 1. The zero-order valence-corrected chi connectivity index (χ0v) is 13.1. The van der Waals surface area contributed by atoms with E-state index in [-0.39, 0.29) is 24.1 Å². The van der Waals surface area contributed by atoms with Gasteiger partial charge >= 0.3 is 6.18 Å². The Morgan fingerprint density at radius 3 is 2.57 bits per heavy atom. The van der Waals surface area contributed by atoms with Gasteiger partial charge in [-0.25, -0.2) is 0 Å². The highest BCUT2D eigenvalue weighted by molar-refractivity contribution is 5.91. The number of aromatic nitrogens is 2. The van der Waals surface area contributed by atoms with Crippen LogP contribution >= 0.6 is 0 Å². The average molecular weight is 325 g/mol. The minimum absolute atomic E-state index is 0.123. The number of aryl methyl sites for hydroxylation is 2. The van der Waals surface area contributed by atoms with Gasteiger partial charge in [-0.2, -0.15) is 18.3 Å². The van der Waals surface area contributed by atoms with Crippen molar-refractivity contribution in [2.24, 2.45) is 0 Å². The highest BCUT2D eigenvalue weighted by Gasteiger charge is 2.30. The van der Waals surface area contributed by atoms with Crippen molar-refractivity contribution < 1.29 is 18.0 Å². The van der Waals surface area contributed by atoms with Crippen LogP contribution in [0.1, 0.15) is 36.3 Å². The van der Waals surface area contributed by atoms with Crippen LogP contribution in [0.4, 0.5) is 18.9 Å². The lowest BCUT2D eigenvalue weighted by molar-refractivity contribution is -0.137. The Balaban J connectivity index is 2.04. The third-order valence-corrected chi connectivity index (χ3v) is 3.42. The standard InChI is InChI=1S/C16H18F3N3O/c1-10-7-11(2)22(21-10)12(3)8-15(23)20-14-6-4-5-13(9-14)16(17,18)19/h4-7,9,12H,8H2,1-3H3,(H,20,23)/t12-/m0/s1. The Morgan fingerprint density at radius 1 is 1.30 bits per heavy atom. The first-order valence-electron chi connectivity index (χ1n) is 7.16. The summed E-state index contributed by atoms with van der Waals surface area (Å²) in [5.74, 6) is -0.357. The number of amides is 1. The smallest absolute Gasteiger partial charge is 0.326 e. The van der Waals surface area contributed by atoms with Crippen molar-refractivity contribution in [1.82, 2.24) is 9.78 Å². The summed E-state index contributed by atoms with van der Waals surface area (Å²) in [6, 6.07) is 6.31. The zero-order chi connectivity index (χ0) is 17.2. The molecule has 0 radical (unpaired) electrons. The number of alkyl halides is 3. The number of carbonyl (C=O) groups is 1. The first kappa shape index (κ1) is 17.1. The fraction of sp³-hybridized carbons (Fsp3) is 0.375. The van der Waals surface area contributed by atoms with E-state index in [9.17, 15) is 18.0 Å². The molecule has 4 nitrogen and oxygen atoms in total. The lowest BCUT2D eigenvalue weighted by atomic mass is 10.1. The molecule has 0 fully saturated rings. The van der Waals surface area contributed by atoms with E-state index >= 15 is 0 Å². The van der Waals surface area contributed by atoms with E-state index in [1.165, 1.54) is 12.1 Å². The van der Waals surface area contributed by atoms with Crippen LogP contribution in [0.15, 0.2) is 30.3 Å². The molecule has 1 atom stereocenters. The number of rotatable bonds is 4. The van der Waals surface area contributed by atoms with Crippen molar-refractivity contribution in [2.75, 3.05) is 5.32 Å². The van der Waals surface area contributed by atoms with E-state index in [1.54, 1.807) is 4.68 Å². The van der Waals surface area contributed by atoms with Crippen LogP contribution in [-0.2, 0) is 11.0 Å². The van der Waals surface area contributed by atoms with Crippen LogP contribution in [0, 0.1) is 13.8 Å². The summed E-state index contributed by atoms with van der Waals surface area (Å²) in [4.78, 5) is 12.0. The second-order valence-corrected chi connectivity index (χ2v) is 5.55. The van der Waals surface area contributed by atoms with Gasteiger partial charge in [-0.1, -0.05) is 6.07 Å². The minimum atomic E-state index is -4.43. The minimum Gasteiger partial charge on any atom is -0.326 e. The van der Waals surface area contributed by atoms with Gasteiger partial charge in [0.25, 0.3) is 0 Å². The molecule has 0 aliphatic rings. The summed E-state index contributed by atoms with van der Waals surface area (Å²) in [5, 5.41) is 6.81. The van der Waals surface area contributed by atoms with Crippen LogP contribution in [0.2, 0.25) is 0 Å². The average Bonchev–Trinajstić information content (AvgIpc) is 2.77. The van der Waals surface area contributed by atoms with Crippen LogP contribution in [0.3, 0.4) is 0 Å². The molecule has 23 heavy (non-hydrogen) atoms. The summed E-state index contributed by atoms with van der Waals surface area (Å²) in [6.45, 7) is 5.59. The largest absolute Gasteiger partial charge is 0.416 e. The first-order valence-corrected chi connectivity index (χ1v) is 7.16. The fourth-order valence-corrected chi connectivity index (χ4v) is 2.43. The van der Waals surface area contributed by atoms with Crippen molar-refractivity contribution in [3.8, 4) is 0 Å². The molecule has 1 aromatic carbocycles. The number of nitrogens with one attached hydrogen (secondary N) is 1. The summed E-state index contributed by atoms with van der Waals surface area (Å²) in [5.41, 5.74) is 1.13. The highest BCUT2D eigenvalue weighted by atomic mass is 19.4. The monoisotopic (exact) mass is 325 g/mol. The SMILES string of the molecule is Cc1cc(C)n([C@@H](C)CC(=O)Nc2cccc(C(F)(F)F)c2)n1. The van der Waals surface area contributed by atoms with Crippen LogP contribution in [-0.4, -0.2) is 15.7 Å². The van der Waals surface area contributed by atoms with E-state index in [1.807, 2.05) is 26.8 Å². The van der Waals surface area contributed by atoms with Gasteiger partial charge in [0.05, 0.1) is 17.3 Å². The predicted octanol–water partition coefficient (Wildman–Crippen LogP) is 4.11. The second-order valence-electron chi connectivity index (χ2n) is 5.55. The highest BCUT2D eigenvalue weighted by Crippen LogP contribution is 2.30. The van der Waals surface area contributed by atoms with Crippen molar-refractivity contribution in [1.29, 1.82) is 0 Å². The lowest BCUT2D eigenvalue weighted by Crippen LogP contribution is -2.19. The molecule has 0 aliphatic heterocycles. The van der Waals surface area contributed by atoms with Gasteiger partial charge in [0, 0.05) is 17.8 Å². The molecule has 1 amide bonds. The molecular formula is C16H18F3N3O. The normalized spacial score (nSPS) is 13.0. The third-order valence-electron chi connectivity index (χ3n) is 3.42. The molecule has 7 heteroatoms. The van der Waals surface area contributed by atoms with E-state index in [0.29, 0.717) is 0 Å². The third kappa shape index (κ3) is 4.34. The molecule has 124 valence electrons. The zero-order valence-electron chi connectivity index (χ0n) is 13.1. The summed E-state index contributed by atoms with van der Waals surface area (Å²) >= 11 is 0. The molecule has 0 spiro atoms. The fourth-order valence-electron chi connectivity index (χ4n) is 2.43. The number of halogens is 3. The van der Waals surface area contributed by atoms with E-state index in [4.69, 9.17) is 0 Å². The van der Waals surface area contributed by atoms with Gasteiger partial charge < -0.3 is 5.32 Å². The van der Waals surface area contributed by atoms with E-state index in [2.05, 4.69) is 10.4 Å². The molecule has 0 bridgehead atoms. The molecule has 0 unspecified atom stereocenters. The maximum atomic E-state index is 12.7. The van der Waals surface area contributed by atoms with Crippen LogP contribution in [0.25, 0.3) is 0 Å². The first-order chi connectivity index (χ1) is 10.7. The Morgan fingerprint density at radius 2 is 2.00 bits per heavy atom. The van der Waals surface area contributed by atoms with Crippen molar-refractivity contribution >= 4 is 11.6 Å². The van der Waals surface area contributed by atoms with Gasteiger partial charge in [0.2, 0.25) is 5.91 Å². The molecule has 1 N–H and O–H groups in total. The Labute approximate surface area is 132 Å². The maximum absolute atomic E-state index is 12.7. The topological polar surface area (TPSA) is 46.9 Å². The number of hydrogen-bond donors (Lipinski definition) is 1. The van der Waals surface area contributed by atoms with E-state index in [0.717, 1.165) is 23.5 Å². The Kier molecular flexibility index (Phi) is 4.77. The molecule has 0 saturated carbocycles. The summed E-state index contributed by atoms with van der Waals surface area (Å²) in [6.07, 6.45) is -4.31. The quantitative estimate of drug-likeness (QED) is 0.919. The van der Waals surface area contributed by atoms with Gasteiger partial charge in [-0.15, -0.1) is 0 Å². The molecule has 2 aromatic rings. The molecule has 1 aromatic heterocycles. The lowest BCUT2D eigenvalue weighted by Gasteiger charge is -2.15. The van der Waals surface area contributed by atoms with E-state index < -0.39 is 11.7 Å². The van der Waals surface area contributed by atoms with Crippen molar-refractivity contribution in [3.63, 3.8) is 0 Å². The van der Waals surface area contributed by atoms with Gasteiger partial charge in [0.15, 0.2) is 0 Å².